The zero-order chi connectivity index (χ0) is 18.4. The molecule has 130 valence electrons. The molecule has 0 spiro atoms. The highest BCUT2D eigenvalue weighted by Crippen LogP contribution is 2.15. The molecule has 2 amide bonds. The molecule has 2 aromatic rings. The molecule has 0 heterocycles. The van der Waals surface area contributed by atoms with Crippen LogP contribution in [0.5, 0.6) is 0 Å². The van der Waals surface area contributed by atoms with Gasteiger partial charge >= 0.3 is 5.97 Å². The van der Waals surface area contributed by atoms with Crippen molar-refractivity contribution in [3.63, 3.8) is 0 Å². The van der Waals surface area contributed by atoms with Gasteiger partial charge in [0.15, 0.2) is 6.10 Å². The van der Waals surface area contributed by atoms with Crippen molar-refractivity contribution in [3.8, 4) is 0 Å². The highest BCUT2D eigenvalue weighted by Gasteiger charge is 2.20. The molecule has 7 heteroatoms. The van der Waals surface area contributed by atoms with Gasteiger partial charge in [-0.05, 0) is 37.3 Å². The standard InChI is InChI=1S/C18H17FN2O4/c1-11(17(23)21-16-9-4-3-8-15(16)19)25-18(24)13-6-5-7-14(10-13)20-12(2)22/h3-11H,1-2H3,(H,20,22)(H,21,23)/t11-/m1/s1. The average molecular weight is 344 g/mol. The SMILES string of the molecule is CC(=O)Nc1cccc(C(=O)O[C@H](C)C(=O)Nc2ccccc2F)c1. The Morgan fingerprint density at radius 3 is 2.44 bits per heavy atom. The van der Waals surface area contributed by atoms with Crippen LogP contribution < -0.4 is 10.6 Å². The highest BCUT2D eigenvalue weighted by atomic mass is 19.1. The van der Waals surface area contributed by atoms with Gasteiger partial charge in [-0.3, -0.25) is 9.59 Å². The van der Waals surface area contributed by atoms with Gasteiger partial charge in [0.1, 0.15) is 5.82 Å². The first-order valence-corrected chi connectivity index (χ1v) is 7.51. The maximum absolute atomic E-state index is 13.5. The fourth-order valence-electron chi connectivity index (χ4n) is 2.01. The van der Waals surface area contributed by atoms with Gasteiger partial charge in [0.05, 0.1) is 11.3 Å². The average Bonchev–Trinajstić information content (AvgIpc) is 2.56. The van der Waals surface area contributed by atoms with Gasteiger partial charge in [-0.25, -0.2) is 9.18 Å². The van der Waals surface area contributed by atoms with E-state index in [1.165, 1.54) is 44.2 Å². The van der Waals surface area contributed by atoms with Crippen molar-refractivity contribution in [2.75, 3.05) is 10.6 Å². The first-order chi connectivity index (χ1) is 11.9. The van der Waals surface area contributed by atoms with Crippen LogP contribution in [-0.4, -0.2) is 23.9 Å². The molecule has 0 fully saturated rings. The van der Waals surface area contributed by atoms with E-state index in [1.54, 1.807) is 18.2 Å². The highest BCUT2D eigenvalue weighted by molar-refractivity contribution is 5.98. The number of para-hydroxylation sites is 1. The Morgan fingerprint density at radius 1 is 1.04 bits per heavy atom. The van der Waals surface area contributed by atoms with E-state index in [0.29, 0.717) is 5.69 Å². The third-order valence-electron chi connectivity index (χ3n) is 3.20. The fourth-order valence-corrected chi connectivity index (χ4v) is 2.01. The van der Waals surface area contributed by atoms with Crippen molar-refractivity contribution >= 4 is 29.2 Å². The van der Waals surface area contributed by atoms with Crippen molar-refractivity contribution in [3.05, 3.63) is 59.9 Å². The quantitative estimate of drug-likeness (QED) is 0.817. The molecule has 1 atom stereocenters. The maximum Gasteiger partial charge on any atom is 0.338 e. The molecule has 2 rings (SSSR count). The first kappa shape index (κ1) is 18.1. The van der Waals surface area contributed by atoms with Crippen LogP contribution in [-0.2, 0) is 14.3 Å². The minimum atomic E-state index is -1.13. The summed E-state index contributed by atoms with van der Waals surface area (Å²) < 4.78 is 18.6. The summed E-state index contributed by atoms with van der Waals surface area (Å²) in [5.41, 5.74) is 0.616. The molecule has 6 nitrogen and oxygen atoms in total. The van der Waals surface area contributed by atoms with E-state index < -0.39 is 23.8 Å². The minimum absolute atomic E-state index is 0.00283. The molecule has 2 aromatic carbocycles. The zero-order valence-corrected chi connectivity index (χ0v) is 13.7. The van der Waals surface area contributed by atoms with Crippen molar-refractivity contribution < 1.29 is 23.5 Å². The summed E-state index contributed by atoms with van der Waals surface area (Å²) in [7, 11) is 0. The molecular weight excluding hydrogens is 327 g/mol. The van der Waals surface area contributed by atoms with Crippen LogP contribution in [0.3, 0.4) is 0 Å². The van der Waals surface area contributed by atoms with Gasteiger partial charge in [0.2, 0.25) is 5.91 Å². The van der Waals surface area contributed by atoms with Crippen LogP contribution in [0.1, 0.15) is 24.2 Å². The third kappa shape index (κ3) is 5.13. The lowest BCUT2D eigenvalue weighted by Crippen LogP contribution is -2.30. The van der Waals surface area contributed by atoms with Crippen molar-refractivity contribution in [2.45, 2.75) is 20.0 Å². The Labute approximate surface area is 144 Å². The number of carbonyl (C=O) groups is 3. The number of benzene rings is 2. The third-order valence-corrected chi connectivity index (χ3v) is 3.20. The Hall–Kier alpha value is -3.22. The maximum atomic E-state index is 13.5. The second kappa shape index (κ2) is 8.05. The smallest absolute Gasteiger partial charge is 0.338 e. The summed E-state index contributed by atoms with van der Waals surface area (Å²) in [5, 5.41) is 4.90. The van der Waals surface area contributed by atoms with Crippen LogP contribution in [0.15, 0.2) is 48.5 Å². The summed E-state index contributed by atoms with van der Waals surface area (Å²) in [6.07, 6.45) is -1.13. The zero-order valence-electron chi connectivity index (χ0n) is 13.7. The number of hydrogen-bond donors (Lipinski definition) is 2. The van der Waals surface area contributed by atoms with Gasteiger partial charge < -0.3 is 15.4 Å². The van der Waals surface area contributed by atoms with E-state index in [2.05, 4.69) is 10.6 Å². The number of amides is 2. The molecule has 25 heavy (non-hydrogen) atoms. The number of hydrogen-bond acceptors (Lipinski definition) is 4. The van der Waals surface area contributed by atoms with Crippen LogP contribution >= 0.6 is 0 Å². The number of ether oxygens (including phenoxy) is 1. The van der Waals surface area contributed by atoms with Gasteiger partial charge in [-0.2, -0.15) is 0 Å². The van der Waals surface area contributed by atoms with Gasteiger partial charge in [-0.15, -0.1) is 0 Å². The largest absolute Gasteiger partial charge is 0.449 e. The van der Waals surface area contributed by atoms with E-state index in [4.69, 9.17) is 4.74 Å². The fraction of sp³-hybridized carbons (Fsp3) is 0.167. The molecule has 2 N–H and O–H groups in total. The lowest BCUT2D eigenvalue weighted by Gasteiger charge is -2.14. The number of esters is 1. The molecule has 0 saturated carbocycles. The molecule has 0 aliphatic heterocycles. The Kier molecular flexibility index (Phi) is 5.84. The monoisotopic (exact) mass is 344 g/mol. The number of anilines is 2. The predicted molar refractivity (Wildman–Crippen MR) is 90.7 cm³/mol. The summed E-state index contributed by atoms with van der Waals surface area (Å²) in [6.45, 7) is 2.73. The van der Waals surface area contributed by atoms with E-state index >= 15 is 0 Å². The molecule has 0 aromatic heterocycles. The van der Waals surface area contributed by atoms with Crippen LogP contribution in [0.25, 0.3) is 0 Å². The summed E-state index contributed by atoms with van der Waals surface area (Å²) in [4.78, 5) is 35.2. The molecule has 0 saturated heterocycles. The van der Waals surface area contributed by atoms with Crippen LogP contribution in [0.4, 0.5) is 15.8 Å². The van der Waals surface area contributed by atoms with E-state index in [1.807, 2.05) is 0 Å². The predicted octanol–water partition coefficient (Wildman–Crippen LogP) is 2.97. The second-order valence-electron chi connectivity index (χ2n) is 5.28. The topological polar surface area (TPSA) is 84.5 Å². The summed E-state index contributed by atoms with van der Waals surface area (Å²) in [6, 6.07) is 11.8. The van der Waals surface area contributed by atoms with Gasteiger partial charge in [0, 0.05) is 12.6 Å². The van der Waals surface area contributed by atoms with E-state index in [-0.39, 0.29) is 17.2 Å². The molecule has 0 bridgehead atoms. The van der Waals surface area contributed by atoms with Gasteiger partial charge in [-0.1, -0.05) is 18.2 Å². The molecule has 0 radical (unpaired) electrons. The number of carbonyl (C=O) groups excluding carboxylic acids is 3. The number of halogens is 1. The van der Waals surface area contributed by atoms with Crippen molar-refractivity contribution in [2.24, 2.45) is 0 Å². The summed E-state index contributed by atoms with van der Waals surface area (Å²) >= 11 is 0. The van der Waals surface area contributed by atoms with Crippen LogP contribution in [0.2, 0.25) is 0 Å². The van der Waals surface area contributed by atoms with Crippen LogP contribution in [0, 0.1) is 5.82 Å². The lowest BCUT2D eigenvalue weighted by atomic mass is 10.2. The molecular formula is C18H17FN2O4. The van der Waals surface area contributed by atoms with Gasteiger partial charge in [0.25, 0.3) is 5.91 Å². The molecule has 0 aliphatic carbocycles. The Balaban J connectivity index is 2.01. The van der Waals surface area contributed by atoms with E-state index in [9.17, 15) is 18.8 Å². The normalized spacial score (nSPS) is 11.3. The molecule has 0 unspecified atom stereocenters. The Morgan fingerprint density at radius 2 is 1.76 bits per heavy atom. The number of rotatable bonds is 5. The molecule has 0 aliphatic rings. The second-order valence-corrected chi connectivity index (χ2v) is 5.28. The minimum Gasteiger partial charge on any atom is -0.449 e. The lowest BCUT2D eigenvalue weighted by molar-refractivity contribution is -0.123. The van der Waals surface area contributed by atoms with E-state index in [0.717, 1.165) is 0 Å². The Bertz CT molecular complexity index is 807. The first-order valence-electron chi connectivity index (χ1n) is 7.51. The summed E-state index contributed by atoms with van der Waals surface area (Å²) in [5.74, 6) is -2.25. The number of nitrogens with one attached hydrogen (secondary N) is 2. The van der Waals surface area contributed by atoms with Crippen molar-refractivity contribution in [1.29, 1.82) is 0 Å². The van der Waals surface area contributed by atoms with Crippen molar-refractivity contribution in [1.82, 2.24) is 0 Å².